The van der Waals surface area contributed by atoms with Gasteiger partial charge in [-0.05, 0) is 198 Å². The normalized spacial score (nSPS) is 19.1. The number of rotatable bonds is 29. The molecule has 0 aliphatic carbocycles. The third-order valence-electron chi connectivity index (χ3n) is 10.5. The Balaban J connectivity index is 4.31. The molecule has 0 aliphatic heterocycles. The fourth-order valence-corrected chi connectivity index (χ4v) is 6.58. The number of hydrogen-bond donors (Lipinski definition) is 5. The molecule has 0 aromatic rings. The Morgan fingerprint density at radius 2 is 0.740 bits per heavy atom. The van der Waals surface area contributed by atoms with E-state index in [9.17, 15) is 25.5 Å². The lowest BCUT2D eigenvalue weighted by molar-refractivity contribution is -0.00312. The molecule has 0 unspecified atom stereocenters. The minimum atomic E-state index is -0.809. The maximum atomic E-state index is 11.0. The third-order valence-corrected chi connectivity index (χ3v) is 10.5. The van der Waals surface area contributed by atoms with Crippen LogP contribution in [0.2, 0.25) is 0 Å². The summed E-state index contributed by atoms with van der Waals surface area (Å²) in [4.78, 5) is 0. The Hall–Kier alpha value is -1.50. The van der Waals surface area contributed by atoms with Crippen LogP contribution >= 0.6 is 0 Å². The van der Waals surface area contributed by atoms with Crippen molar-refractivity contribution in [2.75, 3.05) is 0 Å². The fourth-order valence-electron chi connectivity index (χ4n) is 6.58. The maximum Gasteiger partial charge on any atom is 0.0800 e. The number of allylic oxidation sites excluding steroid dienone is 8. The van der Waals surface area contributed by atoms with Crippen LogP contribution in [-0.2, 0) is 0 Å². The second-order valence-electron chi connectivity index (χ2n) is 17.6. The molecule has 5 nitrogen and oxygen atoms in total. The van der Waals surface area contributed by atoms with Gasteiger partial charge in [0.1, 0.15) is 0 Å². The van der Waals surface area contributed by atoms with Crippen molar-refractivity contribution in [3.8, 4) is 0 Å². The van der Waals surface area contributed by atoms with Crippen LogP contribution in [0.25, 0.3) is 0 Å². The van der Waals surface area contributed by atoms with Gasteiger partial charge in [-0.2, -0.15) is 0 Å². The summed E-state index contributed by atoms with van der Waals surface area (Å²) in [5, 5.41) is 53.6. The molecule has 0 heterocycles. The molecule has 0 saturated carbocycles. The maximum absolute atomic E-state index is 11.0. The van der Waals surface area contributed by atoms with Gasteiger partial charge in [0.05, 0.1) is 28.0 Å². The van der Waals surface area contributed by atoms with Gasteiger partial charge in [0, 0.05) is 0 Å². The molecule has 0 fully saturated rings. The van der Waals surface area contributed by atoms with Crippen molar-refractivity contribution in [3.05, 3.63) is 59.3 Å². The molecule has 292 valence electrons. The lowest BCUT2D eigenvalue weighted by atomic mass is 9.84. The second-order valence-corrected chi connectivity index (χ2v) is 17.6. The molecule has 0 aromatic heterocycles. The van der Waals surface area contributed by atoms with Crippen LogP contribution in [0.15, 0.2) is 59.3 Å². The molecule has 0 aliphatic rings. The highest BCUT2D eigenvalue weighted by Gasteiger charge is 2.27. The summed E-state index contributed by atoms with van der Waals surface area (Å²) in [6, 6.07) is 0. The van der Waals surface area contributed by atoms with Crippen LogP contribution < -0.4 is 0 Å². The molecule has 5 N–H and O–H groups in total. The average molecular weight is 703 g/mol. The predicted octanol–water partition coefficient (Wildman–Crippen LogP) is 11.5. The Morgan fingerprint density at radius 3 is 1.12 bits per heavy atom. The van der Waals surface area contributed by atoms with Gasteiger partial charge < -0.3 is 25.5 Å². The first-order valence-electron chi connectivity index (χ1n) is 19.8. The zero-order valence-corrected chi connectivity index (χ0v) is 34.5. The van der Waals surface area contributed by atoms with E-state index in [0.717, 1.165) is 83.5 Å². The van der Waals surface area contributed by atoms with Gasteiger partial charge in [-0.25, -0.2) is 0 Å². The SMILES string of the molecule is C=C[C@@](C)(O)CC/C=C(\C)CC/C=C(\C)CC/C=C(\C)CCC[C@](C)(O)CCC[C@@](C)(O)CCC[C@@](C)(O)CCC[C@](C)(O)CCC=C(C)C. The van der Waals surface area contributed by atoms with E-state index in [1.807, 2.05) is 27.7 Å². The quantitative estimate of drug-likeness (QED) is 0.0500. The Bertz CT molecular complexity index is 1060. The van der Waals surface area contributed by atoms with Crippen molar-refractivity contribution in [2.24, 2.45) is 0 Å². The molecule has 0 spiro atoms. The van der Waals surface area contributed by atoms with Crippen LogP contribution in [0.3, 0.4) is 0 Å². The standard InChI is InChI=1S/C45H82O5/c1-12-41(7,46)28-16-26-39(5)24-13-22-38(4)23-14-25-40(6)27-17-30-43(9,48)32-19-34-45(11,50)36-20-35-44(10,49)33-18-31-42(8,47)29-15-21-37(2)3/h12,21-22,25-26,46-50H,1,13-20,23-24,27-36H2,2-11H3/b38-22+,39-26+,40-25+/t41-,42-,43+,44+,45-/m1/s1. The Labute approximate surface area is 309 Å². The van der Waals surface area contributed by atoms with Crippen molar-refractivity contribution in [3.63, 3.8) is 0 Å². The average Bonchev–Trinajstić information content (AvgIpc) is 2.96. The van der Waals surface area contributed by atoms with Gasteiger partial charge in [0.15, 0.2) is 0 Å². The molecule has 0 amide bonds. The molecule has 50 heavy (non-hydrogen) atoms. The number of aliphatic hydroxyl groups is 5. The van der Waals surface area contributed by atoms with Gasteiger partial charge >= 0.3 is 0 Å². The summed E-state index contributed by atoms with van der Waals surface area (Å²) < 4.78 is 0. The van der Waals surface area contributed by atoms with Crippen LogP contribution in [-0.4, -0.2) is 53.5 Å². The van der Waals surface area contributed by atoms with E-state index in [2.05, 4.69) is 65.5 Å². The minimum absolute atomic E-state index is 0.627. The Kier molecular flexibility index (Phi) is 23.2. The zero-order valence-electron chi connectivity index (χ0n) is 34.5. The van der Waals surface area contributed by atoms with Gasteiger partial charge in [-0.3, -0.25) is 0 Å². The van der Waals surface area contributed by atoms with Crippen LogP contribution in [0.4, 0.5) is 0 Å². The summed E-state index contributed by atoms with van der Waals surface area (Å²) in [5.74, 6) is 0. The van der Waals surface area contributed by atoms with Crippen molar-refractivity contribution in [1.82, 2.24) is 0 Å². The van der Waals surface area contributed by atoms with E-state index in [1.165, 1.54) is 22.3 Å². The van der Waals surface area contributed by atoms with E-state index in [4.69, 9.17) is 0 Å². The predicted molar refractivity (Wildman–Crippen MR) is 216 cm³/mol. The molecular weight excluding hydrogens is 620 g/mol. The van der Waals surface area contributed by atoms with E-state index >= 15 is 0 Å². The third kappa shape index (κ3) is 28.1. The first kappa shape index (κ1) is 48.5. The lowest BCUT2D eigenvalue weighted by Crippen LogP contribution is -2.30. The van der Waals surface area contributed by atoms with Crippen LogP contribution in [0.5, 0.6) is 0 Å². The Morgan fingerprint density at radius 1 is 0.420 bits per heavy atom. The van der Waals surface area contributed by atoms with Crippen molar-refractivity contribution < 1.29 is 25.5 Å². The lowest BCUT2D eigenvalue weighted by Gasteiger charge is -2.30. The summed E-state index contributed by atoms with van der Waals surface area (Å²) in [6.07, 6.45) is 26.9. The summed E-state index contributed by atoms with van der Waals surface area (Å²) in [5.41, 5.74) is 1.60. The smallest absolute Gasteiger partial charge is 0.0800 e. The van der Waals surface area contributed by atoms with Crippen molar-refractivity contribution >= 4 is 0 Å². The molecule has 0 radical (unpaired) electrons. The van der Waals surface area contributed by atoms with Gasteiger partial charge in [0.25, 0.3) is 0 Å². The monoisotopic (exact) mass is 703 g/mol. The summed E-state index contributed by atoms with van der Waals surface area (Å²) in [6.45, 7) is 23.8. The van der Waals surface area contributed by atoms with E-state index < -0.39 is 28.0 Å². The van der Waals surface area contributed by atoms with Crippen LogP contribution in [0.1, 0.15) is 198 Å². The van der Waals surface area contributed by atoms with Gasteiger partial charge in [-0.1, -0.05) is 52.7 Å². The fraction of sp³-hybridized carbons (Fsp3) is 0.778. The molecule has 0 bridgehead atoms. The summed E-state index contributed by atoms with van der Waals surface area (Å²) in [7, 11) is 0. The van der Waals surface area contributed by atoms with Crippen molar-refractivity contribution in [2.45, 2.75) is 226 Å². The van der Waals surface area contributed by atoms with E-state index in [1.54, 1.807) is 13.0 Å². The molecule has 0 aromatic carbocycles. The highest BCUT2D eigenvalue weighted by Crippen LogP contribution is 2.30. The van der Waals surface area contributed by atoms with E-state index in [-0.39, 0.29) is 0 Å². The largest absolute Gasteiger partial charge is 0.390 e. The minimum Gasteiger partial charge on any atom is -0.390 e. The van der Waals surface area contributed by atoms with Gasteiger partial charge in [0.2, 0.25) is 0 Å². The van der Waals surface area contributed by atoms with Crippen molar-refractivity contribution in [1.29, 1.82) is 0 Å². The van der Waals surface area contributed by atoms with Gasteiger partial charge in [-0.15, -0.1) is 6.58 Å². The first-order chi connectivity index (χ1) is 23.0. The molecule has 5 heteroatoms. The highest BCUT2D eigenvalue weighted by atomic mass is 16.3. The summed E-state index contributed by atoms with van der Waals surface area (Å²) >= 11 is 0. The first-order valence-corrected chi connectivity index (χ1v) is 19.8. The van der Waals surface area contributed by atoms with E-state index in [0.29, 0.717) is 44.9 Å². The zero-order chi connectivity index (χ0) is 38.5. The highest BCUT2D eigenvalue weighted by molar-refractivity contribution is 5.07. The second kappa shape index (κ2) is 23.9. The molecule has 0 rings (SSSR count). The number of hydrogen-bond acceptors (Lipinski definition) is 5. The molecule has 5 atom stereocenters. The topological polar surface area (TPSA) is 101 Å². The molecule has 0 saturated heterocycles. The molecular formula is C45H82O5. The van der Waals surface area contributed by atoms with Crippen LogP contribution in [0, 0.1) is 0 Å².